The Balaban J connectivity index is 1.72. The molecule has 2 rings (SSSR count). The Bertz CT molecular complexity index is 514. The van der Waals surface area contributed by atoms with Crippen molar-refractivity contribution in [2.45, 2.75) is 76.2 Å². The molecular weight excluding hydrogens is 302 g/mol. The number of hydrogen-bond acceptors (Lipinski definition) is 3. The first kappa shape index (κ1) is 18.8. The predicted molar refractivity (Wildman–Crippen MR) is 96.0 cm³/mol. The minimum Gasteiger partial charge on any atom is -0.508 e. The number of benzene rings is 1. The van der Waals surface area contributed by atoms with Gasteiger partial charge in [-0.05, 0) is 62.1 Å². The van der Waals surface area contributed by atoms with Gasteiger partial charge in [0.15, 0.2) is 0 Å². The van der Waals surface area contributed by atoms with Gasteiger partial charge in [0, 0.05) is 12.0 Å². The van der Waals surface area contributed by atoms with Crippen molar-refractivity contribution in [1.29, 1.82) is 0 Å². The Morgan fingerprint density at radius 3 is 2.58 bits per heavy atom. The van der Waals surface area contributed by atoms with Gasteiger partial charge in [0.25, 0.3) is 0 Å². The molecule has 134 valence electrons. The number of carboxylic acid groups (broad SMARTS) is 1. The van der Waals surface area contributed by atoms with Gasteiger partial charge < -0.3 is 15.9 Å². The molecule has 0 radical (unpaired) electrons. The van der Waals surface area contributed by atoms with Crippen LogP contribution in [0.1, 0.15) is 69.8 Å². The van der Waals surface area contributed by atoms with E-state index in [0.717, 1.165) is 51.4 Å². The molecule has 1 aromatic rings. The topological polar surface area (TPSA) is 83.6 Å². The number of nitrogens with two attached hydrogens (primary N) is 1. The molecule has 0 heterocycles. The third-order valence-corrected chi connectivity index (χ3v) is 5.51. The van der Waals surface area contributed by atoms with Gasteiger partial charge in [0.2, 0.25) is 0 Å². The zero-order valence-electron chi connectivity index (χ0n) is 14.5. The first-order valence-corrected chi connectivity index (χ1v) is 9.28. The summed E-state index contributed by atoms with van der Waals surface area (Å²) in [6.45, 7) is 0. The Labute approximate surface area is 145 Å². The highest BCUT2D eigenvalue weighted by Gasteiger charge is 2.38. The lowest BCUT2D eigenvalue weighted by atomic mass is 9.80. The second-order valence-electron chi connectivity index (χ2n) is 7.34. The largest absolute Gasteiger partial charge is 0.508 e. The van der Waals surface area contributed by atoms with E-state index < -0.39 is 5.97 Å². The van der Waals surface area contributed by atoms with E-state index in [2.05, 4.69) is 0 Å². The fraction of sp³-hybridized carbons (Fsp3) is 0.650. The fourth-order valence-electron chi connectivity index (χ4n) is 4.02. The van der Waals surface area contributed by atoms with E-state index in [4.69, 9.17) is 10.8 Å². The second-order valence-corrected chi connectivity index (χ2v) is 7.34. The van der Waals surface area contributed by atoms with E-state index in [1.165, 1.54) is 18.4 Å². The molecular formula is C20H31NO3. The summed E-state index contributed by atoms with van der Waals surface area (Å²) >= 11 is 0. The lowest BCUT2D eigenvalue weighted by Gasteiger charge is -2.32. The van der Waals surface area contributed by atoms with Crippen LogP contribution in [-0.4, -0.2) is 21.7 Å². The maximum Gasteiger partial charge on any atom is 0.303 e. The molecule has 0 amide bonds. The number of carbonyl (C=O) groups is 1. The van der Waals surface area contributed by atoms with E-state index in [1.54, 1.807) is 12.1 Å². The van der Waals surface area contributed by atoms with Crippen LogP contribution in [0.3, 0.4) is 0 Å². The maximum absolute atomic E-state index is 10.5. The van der Waals surface area contributed by atoms with Gasteiger partial charge in [-0.1, -0.05) is 37.8 Å². The molecule has 4 N–H and O–H groups in total. The van der Waals surface area contributed by atoms with Crippen LogP contribution in [0.5, 0.6) is 5.75 Å². The molecule has 1 fully saturated rings. The van der Waals surface area contributed by atoms with Gasteiger partial charge in [-0.2, -0.15) is 0 Å². The Hall–Kier alpha value is -1.55. The van der Waals surface area contributed by atoms with E-state index in [1.807, 2.05) is 12.1 Å². The Morgan fingerprint density at radius 2 is 1.88 bits per heavy atom. The first-order valence-electron chi connectivity index (χ1n) is 9.28. The van der Waals surface area contributed by atoms with Crippen molar-refractivity contribution in [1.82, 2.24) is 0 Å². The molecule has 0 aromatic heterocycles. The second kappa shape index (κ2) is 9.07. The predicted octanol–water partition coefficient (Wildman–Crippen LogP) is 4.25. The van der Waals surface area contributed by atoms with Gasteiger partial charge in [0.1, 0.15) is 5.75 Å². The average molecular weight is 333 g/mol. The number of aromatic hydroxyl groups is 1. The zero-order chi connectivity index (χ0) is 17.4. The van der Waals surface area contributed by atoms with Crippen LogP contribution in [0, 0.1) is 5.92 Å². The number of aliphatic carboxylic acids is 1. The lowest BCUT2D eigenvalue weighted by Crippen LogP contribution is -2.43. The van der Waals surface area contributed by atoms with Crippen molar-refractivity contribution in [2.24, 2.45) is 11.7 Å². The van der Waals surface area contributed by atoms with Crippen molar-refractivity contribution in [2.75, 3.05) is 0 Å². The normalized spacial score (nSPS) is 23.5. The van der Waals surface area contributed by atoms with E-state index >= 15 is 0 Å². The highest BCUT2D eigenvalue weighted by molar-refractivity contribution is 5.66. The van der Waals surface area contributed by atoms with Crippen LogP contribution in [0.25, 0.3) is 0 Å². The summed E-state index contributed by atoms with van der Waals surface area (Å²) in [6, 6.07) is 7.48. The number of phenols is 1. The molecule has 4 heteroatoms. The van der Waals surface area contributed by atoms with Crippen molar-refractivity contribution in [3.63, 3.8) is 0 Å². The molecule has 4 nitrogen and oxygen atoms in total. The summed E-state index contributed by atoms with van der Waals surface area (Å²) in [5.41, 5.74) is 7.94. The molecule has 1 saturated carbocycles. The smallest absolute Gasteiger partial charge is 0.303 e. The maximum atomic E-state index is 10.5. The number of aryl methyl sites for hydroxylation is 1. The number of unbranched alkanes of at least 4 members (excludes halogenated alkanes) is 3. The molecule has 1 aliphatic rings. The third kappa shape index (κ3) is 5.82. The molecule has 24 heavy (non-hydrogen) atoms. The molecule has 0 aliphatic heterocycles. The van der Waals surface area contributed by atoms with Crippen LogP contribution >= 0.6 is 0 Å². The van der Waals surface area contributed by atoms with Crippen LogP contribution in [0.4, 0.5) is 0 Å². The lowest BCUT2D eigenvalue weighted by molar-refractivity contribution is -0.137. The summed E-state index contributed by atoms with van der Waals surface area (Å²) in [5, 5.41) is 18.0. The summed E-state index contributed by atoms with van der Waals surface area (Å²) in [7, 11) is 0. The number of rotatable bonds is 10. The summed E-state index contributed by atoms with van der Waals surface area (Å²) in [6.07, 6.45) is 11.0. The number of hydrogen-bond donors (Lipinski definition) is 3. The van der Waals surface area contributed by atoms with Gasteiger partial charge >= 0.3 is 5.97 Å². The highest BCUT2D eigenvalue weighted by atomic mass is 16.4. The van der Waals surface area contributed by atoms with E-state index in [9.17, 15) is 9.90 Å². The summed E-state index contributed by atoms with van der Waals surface area (Å²) in [4.78, 5) is 10.5. The van der Waals surface area contributed by atoms with Crippen molar-refractivity contribution >= 4 is 5.97 Å². The molecule has 0 bridgehead atoms. The zero-order valence-corrected chi connectivity index (χ0v) is 14.5. The Morgan fingerprint density at radius 1 is 1.17 bits per heavy atom. The van der Waals surface area contributed by atoms with Crippen LogP contribution in [-0.2, 0) is 11.2 Å². The number of phenolic OH excluding ortho intramolecular Hbond substituents is 1. The molecule has 1 aliphatic carbocycles. The van der Waals surface area contributed by atoms with Crippen molar-refractivity contribution in [3.05, 3.63) is 29.8 Å². The van der Waals surface area contributed by atoms with Crippen molar-refractivity contribution < 1.29 is 15.0 Å². The van der Waals surface area contributed by atoms with Crippen LogP contribution in [0.2, 0.25) is 0 Å². The van der Waals surface area contributed by atoms with E-state index in [-0.39, 0.29) is 12.0 Å². The highest BCUT2D eigenvalue weighted by Crippen LogP contribution is 2.40. The molecule has 0 spiro atoms. The first-order chi connectivity index (χ1) is 11.5. The molecule has 1 aromatic carbocycles. The summed E-state index contributed by atoms with van der Waals surface area (Å²) in [5.74, 6) is 0.191. The fourth-order valence-corrected chi connectivity index (χ4v) is 4.02. The van der Waals surface area contributed by atoms with E-state index in [0.29, 0.717) is 11.7 Å². The SMILES string of the molecule is NC1(CCCCCCC(=O)O)CCCC1CCc1ccc(O)cc1. The Kier molecular flexibility index (Phi) is 7.10. The minimum atomic E-state index is -0.699. The quantitative estimate of drug-likeness (QED) is 0.559. The average Bonchev–Trinajstić information content (AvgIpc) is 2.91. The molecule has 2 unspecified atom stereocenters. The van der Waals surface area contributed by atoms with Gasteiger partial charge in [-0.15, -0.1) is 0 Å². The van der Waals surface area contributed by atoms with Crippen LogP contribution in [0.15, 0.2) is 24.3 Å². The van der Waals surface area contributed by atoms with Gasteiger partial charge in [0.05, 0.1) is 0 Å². The number of carboxylic acids is 1. The minimum absolute atomic E-state index is 0.0380. The molecule has 0 saturated heterocycles. The van der Waals surface area contributed by atoms with Gasteiger partial charge in [-0.3, -0.25) is 4.79 Å². The van der Waals surface area contributed by atoms with Gasteiger partial charge in [-0.25, -0.2) is 0 Å². The molecule has 2 atom stereocenters. The third-order valence-electron chi connectivity index (χ3n) is 5.51. The van der Waals surface area contributed by atoms with Crippen LogP contribution < -0.4 is 5.73 Å². The van der Waals surface area contributed by atoms with Crippen molar-refractivity contribution in [3.8, 4) is 5.75 Å². The standard InChI is InChI=1S/C20H31NO3/c21-20(14-4-2-1-3-7-19(23)24)15-5-6-17(20)11-8-16-9-12-18(22)13-10-16/h9-10,12-13,17,22H,1-8,11,14-15,21H2,(H,23,24). The monoisotopic (exact) mass is 333 g/mol. The summed E-state index contributed by atoms with van der Waals surface area (Å²) < 4.78 is 0.